The topological polar surface area (TPSA) is 63.0 Å². The molecule has 0 radical (unpaired) electrons. The van der Waals surface area contributed by atoms with E-state index in [-0.39, 0.29) is 0 Å². The highest BCUT2D eigenvalue weighted by Crippen LogP contribution is 2.07. The number of pyridine rings is 1. The molecular weight excluding hydrogens is 180 g/mol. The Morgan fingerprint density at radius 3 is 3.14 bits per heavy atom. The van der Waals surface area contributed by atoms with Crippen LogP contribution in [0.5, 0.6) is 0 Å². The average Bonchev–Trinajstić information content (AvgIpc) is 2.26. The smallest absolute Gasteiger partial charge is 0.330 e. The van der Waals surface area contributed by atoms with Crippen LogP contribution in [0.1, 0.15) is 11.1 Å². The lowest BCUT2D eigenvalue weighted by molar-refractivity contribution is -0.134. The van der Waals surface area contributed by atoms with E-state index in [1.807, 2.05) is 6.07 Å². The summed E-state index contributed by atoms with van der Waals surface area (Å²) in [6.07, 6.45) is 5.78. The number of carbonyl (C=O) groups is 1. The number of hydrogen-bond donors (Lipinski definition) is 0. The molecule has 14 heavy (non-hydrogen) atoms. The number of hydrogen-bond acceptors (Lipinski definition) is 4. The molecule has 0 bridgehead atoms. The first-order valence-electron chi connectivity index (χ1n) is 3.88. The van der Waals surface area contributed by atoms with Gasteiger partial charge in [-0.2, -0.15) is 5.26 Å². The zero-order chi connectivity index (χ0) is 10.4. The van der Waals surface area contributed by atoms with Crippen molar-refractivity contribution in [1.29, 1.82) is 5.26 Å². The number of methoxy groups -OCH3 is 1. The standard InChI is InChI=1S/C10H8N2O2/c1-14-10(13)3-2-9-7-12-5-4-8(9)6-11/h2-5,7H,1H3/b3-2+. The molecule has 4 nitrogen and oxygen atoms in total. The van der Waals surface area contributed by atoms with Crippen LogP contribution in [0.3, 0.4) is 0 Å². The van der Waals surface area contributed by atoms with Gasteiger partial charge in [0, 0.05) is 24.0 Å². The summed E-state index contributed by atoms with van der Waals surface area (Å²) < 4.78 is 4.42. The molecule has 0 atom stereocenters. The van der Waals surface area contributed by atoms with Gasteiger partial charge >= 0.3 is 5.97 Å². The predicted molar refractivity (Wildman–Crippen MR) is 50.0 cm³/mol. The maximum atomic E-state index is 10.8. The summed E-state index contributed by atoms with van der Waals surface area (Å²) in [5, 5.41) is 8.71. The van der Waals surface area contributed by atoms with Gasteiger partial charge in [-0.25, -0.2) is 4.79 Å². The van der Waals surface area contributed by atoms with Gasteiger partial charge in [0.1, 0.15) is 0 Å². The molecule has 0 saturated carbocycles. The lowest BCUT2D eigenvalue weighted by Crippen LogP contribution is -1.93. The number of aromatic nitrogens is 1. The van der Waals surface area contributed by atoms with Crippen LogP contribution >= 0.6 is 0 Å². The van der Waals surface area contributed by atoms with Gasteiger partial charge in [0.05, 0.1) is 18.7 Å². The number of nitriles is 1. The molecule has 0 aliphatic rings. The van der Waals surface area contributed by atoms with E-state index in [1.165, 1.54) is 31.7 Å². The Morgan fingerprint density at radius 1 is 1.71 bits per heavy atom. The highest BCUT2D eigenvalue weighted by molar-refractivity contribution is 5.87. The summed E-state index contributed by atoms with van der Waals surface area (Å²) in [5.74, 6) is -0.460. The summed E-state index contributed by atoms with van der Waals surface area (Å²) in [6, 6.07) is 3.57. The van der Waals surface area contributed by atoms with Crippen molar-refractivity contribution in [3.63, 3.8) is 0 Å². The zero-order valence-corrected chi connectivity index (χ0v) is 7.60. The lowest BCUT2D eigenvalue weighted by atomic mass is 10.1. The third kappa shape index (κ3) is 2.42. The van der Waals surface area contributed by atoms with Crippen molar-refractivity contribution in [2.45, 2.75) is 0 Å². The SMILES string of the molecule is COC(=O)/C=C/c1cnccc1C#N. The predicted octanol–water partition coefficient (Wildman–Crippen LogP) is 1.14. The molecule has 1 aromatic heterocycles. The van der Waals surface area contributed by atoms with E-state index < -0.39 is 5.97 Å². The molecule has 0 aliphatic carbocycles. The second-order valence-corrected chi connectivity index (χ2v) is 2.43. The van der Waals surface area contributed by atoms with Crippen LogP contribution in [0, 0.1) is 11.3 Å². The first kappa shape index (κ1) is 9.93. The van der Waals surface area contributed by atoms with Crippen LogP contribution in [0.25, 0.3) is 6.08 Å². The molecule has 0 spiro atoms. The Labute approximate surface area is 81.5 Å². The maximum absolute atomic E-state index is 10.8. The van der Waals surface area contributed by atoms with E-state index in [1.54, 1.807) is 6.07 Å². The molecule has 1 aromatic rings. The van der Waals surface area contributed by atoms with Gasteiger partial charge in [0.2, 0.25) is 0 Å². The Balaban J connectivity index is 2.92. The van der Waals surface area contributed by atoms with E-state index in [4.69, 9.17) is 5.26 Å². The van der Waals surface area contributed by atoms with Gasteiger partial charge in [-0.3, -0.25) is 4.98 Å². The van der Waals surface area contributed by atoms with Crippen LogP contribution < -0.4 is 0 Å². The first-order chi connectivity index (χ1) is 6.77. The summed E-state index contributed by atoms with van der Waals surface area (Å²) in [7, 11) is 1.29. The van der Waals surface area contributed by atoms with Crippen LogP contribution in [-0.4, -0.2) is 18.1 Å². The van der Waals surface area contributed by atoms with Crippen LogP contribution in [0.15, 0.2) is 24.5 Å². The molecule has 4 heteroatoms. The molecule has 0 aliphatic heterocycles. The molecule has 1 rings (SSSR count). The monoisotopic (exact) mass is 188 g/mol. The Morgan fingerprint density at radius 2 is 2.50 bits per heavy atom. The van der Waals surface area contributed by atoms with Crippen molar-refractivity contribution in [1.82, 2.24) is 4.98 Å². The van der Waals surface area contributed by atoms with Crippen molar-refractivity contribution < 1.29 is 9.53 Å². The molecule has 0 N–H and O–H groups in total. The molecule has 0 unspecified atom stereocenters. The Hall–Kier alpha value is -2.15. The largest absolute Gasteiger partial charge is 0.466 e. The number of rotatable bonds is 2. The minimum atomic E-state index is -0.460. The number of esters is 1. The van der Waals surface area contributed by atoms with Gasteiger partial charge in [-0.05, 0) is 12.1 Å². The molecule has 1 heterocycles. The zero-order valence-electron chi connectivity index (χ0n) is 7.60. The van der Waals surface area contributed by atoms with E-state index in [2.05, 4.69) is 9.72 Å². The fourth-order valence-electron chi connectivity index (χ4n) is 0.867. The van der Waals surface area contributed by atoms with Crippen molar-refractivity contribution in [2.75, 3.05) is 7.11 Å². The minimum Gasteiger partial charge on any atom is -0.466 e. The second-order valence-electron chi connectivity index (χ2n) is 2.43. The fourth-order valence-corrected chi connectivity index (χ4v) is 0.867. The fraction of sp³-hybridized carbons (Fsp3) is 0.100. The quantitative estimate of drug-likeness (QED) is 0.515. The molecule has 0 fully saturated rings. The van der Waals surface area contributed by atoms with Gasteiger partial charge in [0.25, 0.3) is 0 Å². The van der Waals surface area contributed by atoms with Gasteiger partial charge < -0.3 is 4.74 Å². The minimum absolute atomic E-state index is 0.460. The molecule has 0 saturated heterocycles. The van der Waals surface area contributed by atoms with E-state index >= 15 is 0 Å². The molecule has 0 aromatic carbocycles. The second kappa shape index (κ2) is 4.77. The van der Waals surface area contributed by atoms with Gasteiger partial charge in [0.15, 0.2) is 0 Å². The van der Waals surface area contributed by atoms with Crippen LogP contribution in [0.2, 0.25) is 0 Å². The third-order valence-corrected chi connectivity index (χ3v) is 1.57. The first-order valence-corrected chi connectivity index (χ1v) is 3.88. The molecule has 70 valence electrons. The highest BCUT2D eigenvalue weighted by Gasteiger charge is 1.98. The number of nitrogens with zero attached hydrogens (tertiary/aromatic N) is 2. The summed E-state index contributed by atoms with van der Waals surface area (Å²) in [6.45, 7) is 0. The van der Waals surface area contributed by atoms with Gasteiger partial charge in [-0.1, -0.05) is 0 Å². The van der Waals surface area contributed by atoms with E-state index in [0.717, 1.165) is 0 Å². The van der Waals surface area contributed by atoms with Gasteiger partial charge in [-0.15, -0.1) is 0 Å². The van der Waals surface area contributed by atoms with E-state index in [0.29, 0.717) is 11.1 Å². The van der Waals surface area contributed by atoms with Crippen molar-refractivity contribution >= 4 is 12.0 Å². The van der Waals surface area contributed by atoms with Crippen molar-refractivity contribution in [2.24, 2.45) is 0 Å². The van der Waals surface area contributed by atoms with Crippen LogP contribution in [0.4, 0.5) is 0 Å². The normalized spacial score (nSPS) is 9.71. The Bertz CT molecular complexity index is 405. The van der Waals surface area contributed by atoms with E-state index in [9.17, 15) is 4.79 Å². The van der Waals surface area contributed by atoms with Crippen molar-refractivity contribution in [3.8, 4) is 6.07 Å². The van der Waals surface area contributed by atoms with Crippen molar-refractivity contribution in [3.05, 3.63) is 35.7 Å². The summed E-state index contributed by atoms with van der Waals surface area (Å²) in [4.78, 5) is 14.6. The number of ether oxygens (including phenoxy) is 1. The summed E-state index contributed by atoms with van der Waals surface area (Å²) >= 11 is 0. The Kier molecular flexibility index (Phi) is 3.39. The number of carbonyl (C=O) groups excluding carboxylic acids is 1. The molecule has 0 amide bonds. The average molecular weight is 188 g/mol. The lowest BCUT2D eigenvalue weighted by Gasteiger charge is -1.94. The highest BCUT2D eigenvalue weighted by atomic mass is 16.5. The third-order valence-electron chi connectivity index (χ3n) is 1.57. The maximum Gasteiger partial charge on any atom is 0.330 e. The molecular formula is C10H8N2O2. The van der Waals surface area contributed by atoms with Crippen LogP contribution in [-0.2, 0) is 9.53 Å². The summed E-state index contributed by atoms with van der Waals surface area (Å²) in [5.41, 5.74) is 1.07.